The topological polar surface area (TPSA) is 90.4 Å². The quantitative estimate of drug-likeness (QED) is 0.869. The highest BCUT2D eigenvalue weighted by Crippen LogP contribution is 2.34. The van der Waals surface area contributed by atoms with Gasteiger partial charge in [-0.1, -0.05) is 6.07 Å². The van der Waals surface area contributed by atoms with Gasteiger partial charge in [-0.25, -0.2) is 4.79 Å². The molecule has 0 bridgehead atoms. The van der Waals surface area contributed by atoms with Crippen LogP contribution in [-0.2, 0) is 13.5 Å². The molecule has 0 aliphatic carbocycles. The Labute approximate surface area is 115 Å². The largest absolute Gasteiger partial charge is 0.493 e. The number of nitrogens with zero attached hydrogens (tertiary/aromatic N) is 2. The Hall–Kier alpha value is -2.50. The van der Waals surface area contributed by atoms with Crippen LogP contribution in [0.15, 0.2) is 18.2 Å². The van der Waals surface area contributed by atoms with Gasteiger partial charge in [-0.3, -0.25) is 4.68 Å². The lowest BCUT2D eigenvalue weighted by atomic mass is 9.98. The van der Waals surface area contributed by atoms with Crippen LogP contribution in [0.2, 0.25) is 0 Å². The van der Waals surface area contributed by atoms with Crippen molar-refractivity contribution in [2.24, 2.45) is 7.05 Å². The minimum Gasteiger partial charge on any atom is -0.493 e. The fraction of sp³-hybridized carbons (Fsp3) is 0.286. The molecular weight excluding hydrogens is 258 g/mol. The Kier molecular flexibility index (Phi) is 2.85. The molecule has 0 unspecified atom stereocenters. The molecule has 0 radical (unpaired) electrons. The third-order valence-corrected chi connectivity index (χ3v) is 3.49. The highest BCUT2D eigenvalue weighted by atomic mass is 16.5. The van der Waals surface area contributed by atoms with Crippen LogP contribution in [0.25, 0.3) is 11.1 Å². The zero-order valence-electron chi connectivity index (χ0n) is 11.1. The molecule has 2 heterocycles. The summed E-state index contributed by atoms with van der Waals surface area (Å²) in [6.07, 6.45) is 1.89. The second-order valence-corrected chi connectivity index (χ2v) is 4.81. The van der Waals surface area contributed by atoms with Gasteiger partial charge in [0, 0.05) is 7.05 Å². The fourth-order valence-electron chi connectivity index (χ4n) is 2.49. The van der Waals surface area contributed by atoms with Crippen molar-refractivity contribution in [2.45, 2.75) is 12.8 Å². The van der Waals surface area contributed by atoms with E-state index in [1.807, 2.05) is 18.2 Å². The van der Waals surface area contributed by atoms with E-state index in [0.29, 0.717) is 11.4 Å². The van der Waals surface area contributed by atoms with Crippen LogP contribution < -0.4 is 10.5 Å². The van der Waals surface area contributed by atoms with Crippen molar-refractivity contribution in [3.8, 4) is 16.9 Å². The SMILES string of the molecule is Cn1nc(C(=O)O)c(-c2ccc3c(c2)CCCO3)c1N. The predicted molar refractivity (Wildman–Crippen MR) is 73.8 cm³/mol. The predicted octanol–water partition coefficient (Wildman–Crippen LogP) is 1.69. The molecule has 0 saturated heterocycles. The molecule has 3 N–H and O–H groups in total. The van der Waals surface area contributed by atoms with E-state index < -0.39 is 5.97 Å². The fourth-order valence-corrected chi connectivity index (χ4v) is 2.49. The minimum absolute atomic E-state index is 0.0262. The molecular formula is C14H15N3O3. The van der Waals surface area contributed by atoms with Gasteiger partial charge in [0.15, 0.2) is 5.69 Å². The van der Waals surface area contributed by atoms with Crippen molar-refractivity contribution < 1.29 is 14.6 Å². The van der Waals surface area contributed by atoms with Gasteiger partial charge in [0.2, 0.25) is 0 Å². The summed E-state index contributed by atoms with van der Waals surface area (Å²) in [7, 11) is 1.63. The summed E-state index contributed by atoms with van der Waals surface area (Å²) in [6, 6.07) is 5.63. The molecule has 1 aliphatic rings. The number of aromatic carboxylic acids is 1. The Balaban J connectivity index is 2.16. The summed E-state index contributed by atoms with van der Waals surface area (Å²) in [5.74, 6) is 0.125. The third-order valence-electron chi connectivity index (χ3n) is 3.49. The van der Waals surface area contributed by atoms with Crippen molar-refractivity contribution in [3.63, 3.8) is 0 Å². The number of nitrogens with two attached hydrogens (primary N) is 1. The molecule has 0 spiro atoms. The maximum absolute atomic E-state index is 11.3. The average Bonchev–Trinajstić information content (AvgIpc) is 2.75. The summed E-state index contributed by atoms with van der Waals surface area (Å²) >= 11 is 0. The highest BCUT2D eigenvalue weighted by molar-refractivity contribution is 5.97. The number of fused-ring (bicyclic) bond motifs is 1. The normalized spacial score (nSPS) is 13.7. The molecule has 6 nitrogen and oxygen atoms in total. The number of hydrogen-bond acceptors (Lipinski definition) is 4. The Morgan fingerprint density at radius 2 is 2.30 bits per heavy atom. The van der Waals surface area contributed by atoms with E-state index in [4.69, 9.17) is 10.5 Å². The maximum Gasteiger partial charge on any atom is 0.357 e. The van der Waals surface area contributed by atoms with E-state index in [1.165, 1.54) is 4.68 Å². The molecule has 1 aromatic heterocycles. The van der Waals surface area contributed by atoms with Gasteiger partial charge in [0.1, 0.15) is 11.6 Å². The van der Waals surface area contributed by atoms with Gasteiger partial charge in [-0.15, -0.1) is 0 Å². The van der Waals surface area contributed by atoms with E-state index in [9.17, 15) is 9.90 Å². The number of nitrogen functional groups attached to an aromatic ring is 1. The zero-order valence-corrected chi connectivity index (χ0v) is 11.1. The lowest BCUT2D eigenvalue weighted by molar-refractivity contribution is 0.0690. The van der Waals surface area contributed by atoms with Crippen molar-refractivity contribution in [1.82, 2.24) is 9.78 Å². The van der Waals surface area contributed by atoms with E-state index in [-0.39, 0.29) is 5.69 Å². The van der Waals surface area contributed by atoms with Crippen LogP contribution in [-0.4, -0.2) is 27.5 Å². The van der Waals surface area contributed by atoms with Crippen LogP contribution >= 0.6 is 0 Å². The number of carboxylic acid groups (broad SMARTS) is 1. The number of rotatable bonds is 2. The third kappa shape index (κ3) is 1.89. The lowest BCUT2D eigenvalue weighted by Gasteiger charge is -2.17. The lowest BCUT2D eigenvalue weighted by Crippen LogP contribution is -2.08. The smallest absolute Gasteiger partial charge is 0.357 e. The number of ether oxygens (including phenoxy) is 1. The molecule has 2 aromatic rings. The number of carbonyl (C=O) groups is 1. The number of hydrogen-bond donors (Lipinski definition) is 2. The average molecular weight is 273 g/mol. The van der Waals surface area contributed by atoms with Crippen LogP contribution in [0.5, 0.6) is 5.75 Å². The van der Waals surface area contributed by atoms with Gasteiger partial charge in [0.05, 0.1) is 12.2 Å². The van der Waals surface area contributed by atoms with Crippen molar-refractivity contribution >= 4 is 11.8 Å². The Bertz CT molecular complexity index is 691. The summed E-state index contributed by atoms with van der Waals surface area (Å²) in [4.78, 5) is 11.3. The Morgan fingerprint density at radius 1 is 1.50 bits per heavy atom. The summed E-state index contributed by atoms with van der Waals surface area (Å²) in [5.41, 5.74) is 8.23. The van der Waals surface area contributed by atoms with Crippen LogP contribution in [0, 0.1) is 0 Å². The summed E-state index contributed by atoms with van der Waals surface area (Å²) < 4.78 is 6.94. The summed E-state index contributed by atoms with van der Waals surface area (Å²) in [6.45, 7) is 0.724. The van der Waals surface area contributed by atoms with Crippen LogP contribution in [0.1, 0.15) is 22.5 Å². The van der Waals surface area contributed by atoms with Gasteiger partial charge >= 0.3 is 5.97 Å². The molecule has 104 valence electrons. The van der Waals surface area contributed by atoms with Crippen LogP contribution in [0.4, 0.5) is 5.82 Å². The van der Waals surface area contributed by atoms with E-state index >= 15 is 0 Å². The monoisotopic (exact) mass is 273 g/mol. The molecule has 0 atom stereocenters. The molecule has 1 aliphatic heterocycles. The summed E-state index contributed by atoms with van der Waals surface area (Å²) in [5, 5.41) is 13.2. The van der Waals surface area contributed by atoms with Crippen molar-refractivity contribution in [2.75, 3.05) is 12.3 Å². The number of aryl methyl sites for hydroxylation is 2. The first-order chi connectivity index (χ1) is 9.58. The van der Waals surface area contributed by atoms with E-state index in [0.717, 1.165) is 36.3 Å². The second kappa shape index (κ2) is 4.56. The molecule has 0 amide bonds. The van der Waals surface area contributed by atoms with Crippen molar-refractivity contribution in [3.05, 3.63) is 29.5 Å². The number of carboxylic acids is 1. The van der Waals surface area contributed by atoms with Crippen LogP contribution in [0.3, 0.4) is 0 Å². The molecule has 0 fully saturated rings. The number of benzene rings is 1. The number of aromatic nitrogens is 2. The molecule has 6 heteroatoms. The molecule has 1 aromatic carbocycles. The first-order valence-electron chi connectivity index (χ1n) is 6.40. The minimum atomic E-state index is -1.08. The highest BCUT2D eigenvalue weighted by Gasteiger charge is 2.22. The molecule has 0 saturated carbocycles. The van der Waals surface area contributed by atoms with E-state index in [2.05, 4.69) is 5.10 Å². The molecule has 3 rings (SSSR count). The Morgan fingerprint density at radius 3 is 3.05 bits per heavy atom. The first kappa shape index (κ1) is 12.5. The van der Waals surface area contributed by atoms with Gasteiger partial charge in [-0.2, -0.15) is 5.10 Å². The van der Waals surface area contributed by atoms with Gasteiger partial charge in [-0.05, 0) is 36.1 Å². The number of anilines is 1. The maximum atomic E-state index is 11.3. The van der Waals surface area contributed by atoms with E-state index in [1.54, 1.807) is 7.05 Å². The zero-order chi connectivity index (χ0) is 14.3. The van der Waals surface area contributed by atoms with Crippen molar-refractivity contribution in [1.29, 1.82) is 0 Å². The van der Waals surface area contributed by atoms with Gasteiger partial charge in [0.25, 0.3) is 0 Å². The standard InChI is InChI=1S/C14H15N3O3/c1-17-13(15)11(12(16-17)14(18)19)9-4-5-10-8(7-9)3-2-6-20-10/h4-5,7H,2-3,6,15H2,1H3,(H,18,19). The first-order valence-corrected chi connectivity index (χ1v) is 6.40. The van der Waals surface area contributed by atoms with Gasteiger partial charge < -0.3 is 15.6 Å². The second-order valence-electron chi connectivity index (χ2n) is 4.81. The molecule has 20 heavy (non-hydrogen) atoms.